The summed E-state index contributed by atoms with van der Waals surface area (Å²) in [6.07, 6.45) is 3.02. The number of rotatable bonds is 4. The SMILES string of the molecule is O=C(NNC(=O)c1ccncc1)NC(c1ccccc1)c1ccccc1. The number of benzene rings is 2. The number of aromatic nitrogens is 1. The summed E-state index contributed by atoms with van der Waals surface area (Å²) in [6.45, 7) is 0. The van der Waals surface area contributed by atoms with Crippen molar-refractivity contribution in [2.75, 3.05) is 0 Å². The second-order valence-corrected chi connectivity index (χ2v) is 5.54. The first-order valence-corrected chi connectivity index (χ1v) is 8.11. The lowest BCUT2D eigenvalue weighted by Gasteiger charge is -2.20. The van der Waals surface area contributed by atoms with Crippen LogP contribution in [0.4, 0.5) is 4.79 Å². The largest absolute Gasteiger partial charge is 0.334 e. The third-order valence-electron chi connectivity index (χ3n) is 3.77. The maximum absolute atomic E-state index is 12.3. The Balaban J connectivity index is 1.67. The quantitative estimate of drug-likeness (QED) is 0.635. The van der Waals surface area contributed by atoms with E-state index in [1.807, 2.05) is 60.7 Å². The van der Waals surface area contributed by atoms with Crippen molar-refractivity contribution in [1.29, 1.82) is 0 Å². The zero-order valence-electron chi connectivity index (χ0n) is 13.9. The average Bonchev–Trinajstić information content (AvgIpc) is 2.72. The van der Waals surface area contributed by atoms with Crippen molar-refractivity contribution >= 4 is 11.9 Å². The minimum Gasteiger partial charge on any atom is -0.326 e. The molecule has 3 rings (SSSR count). The molecule has 0 radical (unpaired) electrons. The molecule has 130 valence electrons. The Morgan fingerprint density at radius 3 is 1.81 bits per heavy atom. The predicted molar refractivity (Wildman–Crippen MR) is 98.1 cm³/mol. The van der Waals surface area contributed by atoms with Gasteiger partial charge in [-0.25, -0.2) is 10.2 Å². The van der Waals surface area contributed by atoms with E-state index in [2.05, 4.69) is 21.2 Å². The van der Waals surface area contributed by atoms with Crippen molar-refractivity contribution in [2.45, 2.75) is 6.04 Å². The summed E-state index contributed by atoms with van der Waals surface area (Å²) in [5, 5.41) is 2.88. The molecule has 2 aromatic carbocycles. The van der Waals surface area contributed by atoms with Gasteiger partial charge >= 0.3 is 6.03 Å². The number of hydrogen-bond acceptors (Lipinski definition) is 3. The van der Waals surface area contributed by atoms with Crippen molar-refractivity contribution in [3.63, 3.8) is 0 Å². The molecule has 0 atom stereocenters. The number of amides is 3. The van der Waals surface area contributed by atoms with Gasteiger partial charge < -0.3 is 5.32 Å². The molecule has 0 aliphatic heterocycles. The van der Waals surface area contributed by atoms with Crippen LogP contribution in [0.15, 0.2) is 85.2 Å². The number of nitrogens with one attached hydrogen (secondary N) is 3. The van der Waals surface area contributed by atoms with Gasteiger partial charge in [-0.1, -0.05) is 60.7 Å². The highest BCUT2D eigenvalue weighted by Crippen LogP contribution is 2.21. The normalized spacial score (nSPS) is 10.2. The van der Waals surface area contributed by atoms with Crippen molar-refractivity contribution in [3.05, 3.63) is 102 Å². The molecule has 3 amide bonds. The molecular weight excluding hydrogens is 328 g/mol. The topological polar surface area (TPSA) is 83.1 Å². The van der Waals surface area contributed by atoms with E-state index >= 15 is 0 Å². The van der Waals surface area contributed by atoms with E-state index in [4.69, 9.17) is 0 Å². The van der Waals surface area contributed by atoms with Crippen LogP contribution in [0.1, 0.15) is 27.5 Å². The lowest BCUT2D eigenvalue weighted by molar-refractivity contribution is 0.0936. The summed E-state index contributed by atoms with van der Waals surface area (Å²) < 4.78 is 0. The number of carbonyl (C=O) groups is 2. The van der Waals surface area contributed by atoms with Gasteiger partial charge in [0.25, 0.3) is 5.91 Å². The van der Waals surface area contributed by atoms with Crippen molar-refractivity contribution in [2.24, 2.45) is 0 Å². The fourth-order valence-corrected chi connectivity index (χ4v) is 2.51. The molecular formula is C20H18N4O2. The van der Waals surface area contributed by atoms with Crippen molar-refractivity contribution < 1.29 is 9.59 Å². The van der Waals surface area contributed by atoms with Crippen LogP contribution in [0.3, 0.4) is 0 Å². The fraction of sp³-hybridized carbons (Fsp3) is 0.0500. The summed E-state index contributed by atoms with van der Waals surface area (Å²) in [5.41, 5.74) is 7.04. The van der Waals surface area contributed by atoms with Gasteiger partial charge in [-0.05, 0) is 23.3 Å². The number of nitrogens with zero attached hydrogens (tertiary/aromatic N) is 1. The molecule has 0 spiro atoms. The van der Waals surface area contributed by atoms with E-state index in [0.29, 0.717) is 5.56 Å². The van der Waals surface area contributed by atoms with E-state index in [1.54, 1.807) is 12.1 Å². The van der Waals surface area contributed by atoms with E-state index in [9.17, 15) is 9.59 Å². The second kappa shape index (κ2) is 8.43. The predicted octanol–water partition coefficient (Wildman–Crippen LogP) is 2.82. The highest BCUT2D eigenvalue weighted by Gasteiger charge is 2.17. The Hall–Kier alpha value is -3.67. The number of hydrazine groups is 1. The molecule has 3 aromatic rings. The number of pyridine rings is 1. The van der Waals surface area contributed by atoms with Crippen LogP contribution in [-0.4, -0.2) is 16.9 Å². The van der Waals surface area contributed by atoms with E-state index in [0.717, 1.165) is 11.1 Å². The average molecular weight is 346 g/mol. The summed E-state index contributed by atoms with van der Waals surface area (Å²) >= 11 is 0. The first-order valence-electron chi connectivity index (χ1n) is 8.11. The van der Waals surface area contributed by atoms with Gasteiger partial charge in [0, 0.05) is 18.0 Å². The number of urea groups is 1. The Morgan fingerprint density at radius 2 is 1.27 bits per heavy atom. The summed E-state index contributed by atoms with van der Waals surface area (Å²) in [7, 11) is 0. The van der Waals surface area contributed by atoms with Crippen LogP contribution in [0.5, 0.6) is 0 Å². The number of carbonyl (C=O) groups excluding carboxylic acids is 2. The minimum atomic E-state index is -0.509. The molecule has 6 heteroatoms. The van der Waals surface area contributed by atoms with E-state index < -0.39 is 11.9 Å². The second-order valence-electron chi connectivity index (χ2n) is 5.54. The Bertz CT molecular complexity index is 815. The van der Waals surface area contributed by atoms with Gasteiger partial charge in [-0.2, -0.15) is 0 Å². The molecule has 0 aliphatic carbocycles. The molecule has 0 bridgehead atoms. The molecule has 1 aromatic heterocycles. The maximum Gasteiger partial charge on any atom is 0.334 e. The van der Waals surface area contributed by atoms with Crippen LogP contribution in [0.25, 0.3) is 0 Å². The summed E-state index contributed by atoms with van der Waals surface area (Å²) in [4.78, 5) is 28.1. The molecule has 26 heavy (non-hydrogen) atoms. The molecule has 0 unspecified atom stereocenters. The van der Waals surface area contributed by atoms with Gasteiger partial charge in [0.2, 0.25) is 0 Å². The lowest BCUT2D eigenvalue weighted by atomic mass is 9.99. The maximum atomic E-state index is 12.3. The van der Waals surface area contributed by atoms with Crippen LogP contribution < -0.4 is 16.2 Å². The molecule has 0 fully saturated rings. The van der Waals surface area contributed by atoms with Crippen LogP contribution >= 0.6 is 0 Å². The molecule has 0 saturated carbocycles. The zero-order chi connectivity index (χ0) is 18.2. The summed E-state index contributed by atoms with van der Waals surface area (Å²) in [5.74, 6) is -0.418. The first-order chi connectivity index (χ1) is 12.7. The van der Waals surface area contributed by atoms with Crippen molar-refractivity contribution in [1.82, 2.24) is 21.2 Å². The van der Waals surface area contributed by atoms with E-state index in [1.165, 1.54) is 12.4 Å². The highest BCUT2D eigenvalue weighted by atomic mass is 16.2. The van der Waals surface area contributed by atoms with Crippen LogP contribution in [-0.2, 0) is 0 Å². The fourth-order valence-electron chi connectivity index (χ4n) is 2.51. The van der Waals surface area contributed by atoms with Crippen molar-refractivity contribution in [3.8, 4) is 0 Å². The van der Waals surface area contributed by atoms with E-state index in [-0.39, 0.29) is 6.04 Å². The van der Waals surface area contributed by atoms with Gasteiger partial charge in [-0.3, -0.25) is 15.2 Å². The van der Waals surface area contributed by atoms with Gasteiger partial charge in [0.05, 0.1) is 6.04 Å². The smallest absolute Gasteiger partial charge is 0.326 e. The summed E-state index contributed by atoms with van der Waals surface area (Å²) in [6, 6.07) is 21.5. The third kappa shape index (κ3) is 4.45. The van der Waals surface area contributed by atoms with Crippen LogP contribution in [0, 0.1) is 0 Å². The Morgan fingerprint density at radius 1 is 0.731 bits per heavy atom. The Kier molecular flexibility index (Phi) is 5.57. The highest BCUT2D eigenvalue weighted by molar-refractivity contribution is 5.95. The standard InChI is InChI=1S/C20H18N4O2/c25-19(17-11-13-21-14-12-17)23-24-20(26)22-18(15-7-3-1-4-8-15)16-9-5-2-6-10-16/h1-14,18H,(H,23,25)(H2,22,24,26). The molecule has 0 saturated heterocycles. The monoisotopic (exact) mass is 346 g/mol. The molecule has 1 heterocycles. The Labute approximate surface area is 151 Å². The molecule has 3 N–H and O–H groups in total. The molecule has 6 nitrogen and oxygen atoms in total. The number of hydrogen-bond donors (Lipinski definition) is 3. The molecule has 0 aliphatic rings. The van der Waals surface area contributed by atoms with Crippen LogP contribution in [0.2, 0.25) is 0 Å². The van der Waals surface area contributed by atoms with Gasteiger partial charge in [-0.15, -0.1) is 0 Å². The van der Waals surface area contributed by atoms with Gasteiger partial charge in [0.1, 0.15) is 0 Å². The zero-order valence-corrected chi connectivity index (χ0v) is 13.9. The third-order valence-corrected chi connectivity index (χ3v) is 3.77. The van der Waals surface area contributed by atoms with Gasteiger partial charge in [0.15, 0.2) is 0 Å². The lowest BCUT2D eigenvalue weighted by Crippen LogP contribution is -2.48. The first kappa shape index (κ1) is 17.2. The minimum absolute atomic E-state index is 0.338.